The van der Waals surface area contributed by atoms with E-state index in [1.807, 2.05) is 27.7 Å². The van der Waals surface area contributed by atoms with Crippen molar-refractivity contribution in [3.8, 4) is 0 Å². The molecule has 1 amide bonds. The predicted octanol–water partition coefficient (Wildman–Crippen LogP) is 1.06. The molecule has 0 aliphatic heterocycles. The summed E-state index contributed by atoms with van der Waals surface area (Å²) in [6, 6.07) is 0.0430. The van der Waals surface area contributed by atoms with Crippen molar-refractivity contribution in [2.75, 3.05) is 0 Å². The number of nitrogens with one attached hydrogen (secondary N) is 1. The second-order valence-electron chi connectivity index (χ2n) is 3.90. The standard InChI is InChI=1S/C10H21N3O2/c1-5-10(6-2,8(11)13-15)9(14)12-7(3)4/h7,15H,5-6H2,1-4H3,(H2,11,13)(H,12,14). The van der Waals surface area contributed by atoms with Gasteiger partial charge in [-0.15, -0.1) is 0 Å². The Hall–Kier alpha value is -1.26. The predicted molar refractivity (Wildman–Crippen MR) is 59.7 cm³/mol. The maximum Gasteiger partial charge on any atom is 0.234 e. The molecular weight excluding hydrogens is 194 g/mol. The van der Waals surface area contributed by atoms with E-state index < -0.39 is 5.41 Å². The van der Waals surface area contributed by atoms with Gasteiger partial charge in [0.15, 0.2) is 5.84 Å². The lowest BCUT2D eigenvalue weighted by atomic mass is 9.80. The smallest absolute Gasteiger partial charge is 0.234 e. The van der Waals surface area contributed by atoms with Crippen molar-refractivity contribution < 1.29 is 10.0 Å². The topological polar surface area (TPSA) is 87.7 Å². The van der Waals surface area contributed by atoms with E-state index in [2.05, 4.69) is 10.5 Å². The van der Waals surface area contributed by atoms with E-state index in [1.165, 1.54) is 0 Å². The normalized spacial score (nSPS) is 13.0. The Kier molecular flexibility index (Phi) is 5.11. The summed E-state index contributed by atoms with van der Waals surface area (Å²) < 4.78 is 0. The van der Waals surface area contributed by atoms with Crippen molar-refractivity contribution >= 4 is 11.7 Å². The number of nitrogens with two attached hydrogens (primary N) is 1. The highest BCUT2D eigenvalue weighted by Gasteiger charge is 2.39. The summed E-state index contributed by atoms with van der Waals surface area (Å²) in [5.41, 5.74) is 4.70. The number of hydrogen-bond acceptors (Lipinski definition) is 3. The van der Waals surface area contributed by atoms with Crippen LogP contribution in [0.1, 0.15) is 40.5 Å². The molecule has 0 rings (SSSR count). The van der Waals surface area contributed by atoms with Crippen LogP contribution in [0.15, 0.2) is 5.16 Å². The van der Waals surface area contributed by atoms with Gasteiger partial charge in [-0.1, -0.05) is 19.0 Å². The maximum atomic E-state index is 12.0. The van der Waals surface area contributed by atoms with Crippen LogP contribution in [-0.2, 0) is 4.79 Å². The zero-order valence-electron chi connectivity index (χ0n) is 9.87. The molecule has 0 fully saturated rings. The molecule has 0 heterocycles. The van der Waals surface area contributed by atoms with Crippen molar-refractivity contribution in [1.82, 2.24) is 5.32 Å². The number of oxime groups is 1. The molecule has 15 heavy (non-hydrogen) atoms. The Labute approximate surface area is 90.7 Å². The van der Waals surface area contributed by atoms with Gasteiger partial charge in [0.2, 0.25) is 5.91 Å². The highest BCUT2D eigenvalue weighted by Crippen LogP contribution is 2.27. The molecule has 0 unspecified atom stereocenters. The number of carbonyl (C=O) groups is 1. The van der Waals surface area contributed by atoms with Crippen molar-refractivity contribution in [1.29, 1.82) is 0 Å². The number of rotatable bonds is 5. The molecular formula is C10H21N3O2. The number of amides is 1. The van der Waals surface area contributed by atoms with Crippen molar-refractivity contribution in [2.24, 2.45) is 16.3 Å². The summed E-state index contributed by atoms with van der Waals surface area (Å²) >= 11 is 0. The summed E-state index contributed by atoms with van der Waals surface area (Å²) in [7, 11) is 0. The zero-order chi connectivity index (χ0) is 12.1. The van der Waals surface area contributed by atoms with E-state index >= 15 is 0 Å². The van der Waals surface area contributed by atoms with Gasteiger partial charge in [-0.05, 0) is 26.7 Å². The lowest BCUT2D eigenvalue weighted by Gasteiger charge is -2.29. The molecule has 5 nitrogen and oxygen atoms in total. The highest BCUT2D eigenvalue weighted by molar-refractivity contribution is 6.06. The van der Waals surface area contributed by atoms with Gasteiger partial charge in [0.1, 0.15) is 5.41 Å². The van der Waals surface area contributed by atoms with Crippen LogP contribution in [0.25, 0.3) is 0 Å². The van der Waals surface area contributed by atoms with Crippen LogP contribution in [0.2, 0.25) is 0 Å². The Morgan fingerprint density at radius 1 is 1.47 bits per heavy atom. The molecule has 0 aliphatic rings. The fourth-order valence-corrected chi connectivity index (χ4v) is 1.55. The molecule has 0 saturated heterocycles. The molecule has 4 N–H and O–H groups in total. The van der Waals surface area contributed by atoms with Crippen LogP contribution in [-0.4, -0.2) is 23.0 Å². The average Bonchev–Trinajstić information content (AvgIpc) is 2.19. The molecule has 0 aromatic carbocycles. The van der Waals surface area contributed by atoms with Gasteiger partial charge in [0.05, 0.1) is 0 Å². The van der Waals surface area contributed by atoms with Gasteiger partial charge in [0.25, 0.3) is 0 Å². The summed E-state index contributed by atoms with van der Waals surface area (Å²) in [5.74, 6) is -0.205. The minimum Gasteiger partial charge on any atom is -0.409 e. The monoisotopic (exact) mass is 215 g/mol. The third-order valence-electron chi connectivity index (χ3n) is 2.66. The number of amidine groups is 1. The van der Waals surface area contributed by atoms with Crippen molar-refractivity contribution in [3.63, 3.8) is 0 Å². The Morgan fingerprint density at radius 3 is 2.20 bits per heavy atom. The van der Waals surface area contributed by atoms with E-state index in [4.69, 9.17) is 10.9 Å². The Morgan fingerprint density at radius 2 is 1.93 bits per heavy atom. The van der Waals surface area contributed by atoms with Crippen molar-refractivity contribution in [2.45, 2.75) is 46.6 Å². The molecule has 0 aliphatic carbocycles. The third-order valence-corrected chi connectivity index (χ3v) is 2.66. The zero-order valence-corrected chi connectivity index (χ0v) is 9.87. The van der Waals surface area contributed by atoms with Crippen LogP contribution in [0.3, 0.4) is 0 Å². The molecule has 0 spiro atoms. The lowest BCUT2D eigenvalue weighted by Crippen LogP contribution is -2.50. The van der Waals surface area contributed by atoms with Gasteiger partial charge in [-0.25, -0.2) is 0 Å². The van der Waals surface area contributed by atoms with Gasteiger partial charge >= 0.3 is 0 Å². The third kappa shape index (κ3) is 2.84. The van der Waals surface area contributed by atoms with E-state index in [0.29, 0.717) is 12.8 Å². The van der Waals surface area contributed by atoms with Crippen LogP contribution in [0, 0.1) is 5.41 Å². The van der Waals surface area contributed by atoms with Crippen LogP contribution in [0.5, 0.6) is 0 Å². The van der Waals surface area contributed by atoms with Gasteiger partial charge in [0, 0.05) is 6.04 Å². The van der Waals surface area contributed by atoms with E-state index in [1.54, 1.807) is 0 Å². The first-order valence-corrected chi connectivity index (χ1v) is 5.23. The van der Waals surface area contributed by atoms with Gasteiger partial charge < -0.3 is 16.3 Å². The minimum atomic E-state index is -0.890. The molecule has 0 bridgehead atoms. The fourth-order valence-electron chi connectivity index (χ4n) is 1.55. The molecule has 0 saturated carbocycles. The summed E-state index contributed by atoms with van der Waals surface area (Å²) in [6.07, 6.45) is 1.02. The Balaban J connectivity index is 5.02. The quantitative estimate of drug-likeness (QED) is 0.277. The fraction of sp³-hybridized carbons (Fsp3) is 0.800. The number of carbonyl (C=O) groups excluding carboxylic acids is 1. The molecule has 0 aromatic heterocycles. The summed E-state index contributed by atoms with van der Waals surface area (Å²) in [4.78, 5) is 12.0. The summed E-state index contributed by atoms with van der Waals surface area (Å²) in [6.45, 7) is 7.45. The number of hydrogen-bond donors (Lipinski definition) is 3. The minimum absolute atomic E-state index is 0.0225. The van der Waals surface area contributed by atoms with Crippen LogP contribution in [0.4, 0.5) is 0 Å². The van der Waals surface area contributed by atoms with Crippen molar-refractivity contribution in [3.05, 3.63) is 0 Å². The molecule has 5 heteroatoms. The SMILES string of the molecule is CCC(CC)(C(=O)NC(C)C)C(N)=NO. The summed E-state index contributed by atoms with van der Waals surface area (Å²) in [5, 5.41) is 14.5. The van der Waals surface area contributed by atoms with Crippen LogP contribution < -0.4 is 11.1 Å². The molecule has 0 radical (unpaired) electrons. The second kappa shape index (κ2) is 5.58. The number of nitrogens with zero attached hydrogens (tertiary/aromatic N) is 1. The van der Waals surface area contributed by atoms with E-state index in [-0.39, 0.29) is 17.8 Å². The average molecular weight is 215 g/mol. The van der Waals surface area contributed by atoms with Gasteiger partial charge in [-0.2, -0.15) is 0 Å². The first-order chi connectivity index (χ1) is 6.94. The lowest BCUT2D eigenvalue weighted by molar-refractivity contribution is -0.128. The van der Waals surface area contributed by atoms with E-state index in [0.717, 1.165) is 0 Å². The molecule has 0 atom stereocenters. The van der Waals surface area contributed by atoms with Gasteiger partial charge in [-0.3, -0.25) is 4.79 Å². The van der Waals surface area contributed by atoms with E-state index in [9.17, 15) is 4.79 Å². The van der Waals surface area contributed by atoms with Crippen LogP contribution >= 0.6 is 0 Å². The molecule has 88 valence electrons. The first-order valence-electron chi connectivity index (χ1n) is 5.23. The Bertz CT molecular complexity index is 245. The first kappa shape index (κ1) is 13.7. The highest BCUT2D eigenvalue weighted by atomic mass is 16.4. The maximum absolute atomic E-state index is 12.0. The second-order valence-corrected chi connectivity index (χ2v) is 3.90. The molecule has 0 aromatic rings. The largest absolute Gasteiger partial charge is 0.409 e.